The molecule has 0 atom stereocenters. The normalized spacial score (nSPS) is 14.4. The minimum atomic E-state index is -0.219. The molecule has 2 N–H and O–H groups in total. The van der Waals surface area contributed by atoms with Gasteiger partial charge in [0, 0.05) is 17.8 Å². The molecule has 5 heteroatoms. The van der Waals surface area contributed by atoms with Crippen LogP contribution in [0.1, 0.15) is 49.7 Å². The van der Waals surface area contributed by atoms with Crippen molar-refractivity contribution in [1.29, 1.82) is 0 Å². The fraction of sp³-hybridized carbons (Fsp3) is 0.389. The first-order valence-corrected chi connectivity index (χ1v) is 7.93. The Bertz CT molecular complexity index is 717. The molecule has 1 aromatic carbocycles. The number of hydrogen-bond acceptors (Lipinski definition) is 4. The van der Waals surface area contributed by atoms with Crippen LogP contribution in [0, 0.1) is 0 Å². The number of rotatable bonds is 4. The third-order valence-electron chi connectivity index (χ3n) is 3.81. The molecule has 1 heterocycles. The highest BCUT2D eigenvalue weighted by molar-refractivity contribution is 6.03. The summed E-state index contributed by atoms with van der Waals surface area (Å²) in [5.41, 5.74) is 2.24. The highest BCUT2D eigenvalue weighted by Crippen LogP contribution is 2.29. The molecule has 0 spiro atoms. The van der Waals surface area contributed by atoms with Gasteiger partial charge in [0.25, 0.3) is 5.91 Å². The fourth-order valence-electron chi connectivity index (χ4n) is 2.43. The van der Waals surface area contributed by atoms with Gasteiger partial charge < -0.3 is 10.6 Å². The molecule has 0 saturated heterocycles. The van der Waals surface area contributed by atoms with Crippen LogP contribution in [0.2, 0.25) is 0 Å². The Morgan fingerprint density at radius 2 is 1.91 bits per heavy atom. The molecule has 1 fully saturated rings. The van der Waals surface area contributed by atoms with Gasteiger partial charge in [-0.1, -0.05) is 39.0 Å². The Hall–Kier alpha value is -2.43. The van der Waals surface area contributed by atoms with Crippen LogP contribution in [-0.2, 0) is 5.41 Å². The van der Waals surface area contributed by atoms with Crippen LogP contribution in [0.5, 0.6) is 0 Å². The molecule has 3 rings (SSSR count). The Balaban J connectivity index is 1.79. The molecular formula is C18H22N4O. The van der Waals surface area contributed by atoms with E-state index < -0.39 is 0 Å². The summed E-state index contributed by atoms with van der Waals surface area (Å²) in [5, 5.41) is 6.25. The van der Waals surface area contributed by atoms with Gasteiger partial charge in [0.15, 0.2) is 0 Å². The zero-order valence-electron chi connectivity index (χ0n) is 13.8. The number of carbonyl (C=O) groups is 1. The lowest BCUT2D eigenvalue weighted by atomic mass is 9.86. The van der Waals surface area contributed by atoms with Crippen molar-refractivity contribution < 1.29 is 4.79 Å². The van der Waals surface area contributed by atoms with E-state index in [0.717, 1.165) is 24.1 Å². The predicted molar refractivity (Wildman–Crippen MR) is 91.8 cm³/mol. The third-order valence-corrected chi connectivity index (χ3v) is 3.81. The first-order chi connectivity index (χ1) is 10.9. The molecule has 5 nitrogen and oxygen atoms in total. The maximum Gasteiger partial charge on any atom is 0.274 e. The zero-order valence-corrected chi connectivity index (χ0v) is 13.8. The van der Waals surface area contributed by atoms with Crippen LogP contribution in [0.3, 0.4) is 0 Å². The van der Waals surface area contributed by atoms with Gasteiger partial charge in [-0.05, 0) is 29.9 Å². The SMILES string of the molecule is CC(C)(C)c1ccccc1NC(=O)c1cc(NC2CC2)ncn1. The second-order valence-electron chi connectivity index (χ2n) is 6.96. The van der Waals surface area contributed by atoms with Gasteiger partial charge in [-0.3, -0.25) is 4.79 Å². The van der Waals surface area contributed by atoms with Gasteiger partial charge in [0.2, 0.25) is 0 Å². The van der Waals surface area contributed by atoms with Crippen molar-refractivity contribution in [1.82, 2.24) is 9.97 Å². The van der Waals surface area contributed by atoms with Crippen LogP contribution in [0.25, 0.3) is 0 Å². The van der Waals surface area contributed by atoms with E-state index in [9.17, 15) is 4.79 Å². The van der Waals surface area contributed by atoms with E-state index in [2.05, 4.69) is 41.4 Å². The number of nitrogens with one attached hydrogen (secondary N) is 2. The molecule has 1 aromatic heterocycles. The Morgan fingerprint density at radius 1 is 1.17 bits per heavy atom. The van der Waals surface area contributed by atoms with Gasteiger partial charge in [0.1, 0.15) is 17.8 Å². The van der Waals surface area contributed by atoms with E-state index in [1.807, 2.05) is 24.3 Å². The molecule has 0 bridgehead atoms. The van der Waals surface area contributed by atoms with Crippen LogP contribution < -0.4 is 10.6 Å². The smallest absolute Gasteiger partial charge is 0.274 e. The molecule has 0 radical (unpaired) electrons. The number of nitrogens with zero attached hydrogens (tertiary/aromatic N) is 2. The number of hydrogen-bond donors (Lipinski definition) is 2. The standard InChI is InChI=1S/C18H22N4O/c1-18(2,3)13-6-4-5-7-14(13)22-17(23)15-10-16(20-11-19-15)21-12-8-9-12/h4-7,10-12H,8-9H2,1-3H3,(H,22,23)(H,19,20,21). The van der Waals surface area contributed by atoms with Crippen molar-refractivity contribution in [2.75, 3.05) is 10.6 Å². The first-order valence-electron chi connectivity index (χ1n) is 7.93. The van der Waals surface area contributed by atoms with E-state index in [4.69, 9.17) is 0 Å². The molecule has 23 heavy (non-hydrogen) atoms. The number of anilines is 2. The second-order valence-corrected chi connectivity index (χ2v) is 6.96. The molecule has 0 unspecified atom stereocenters. The quantitative estimate of drug-likeness (QED) is 0.905. The number of amides is 1. The molecule has 1 aliphatic rings. The Morgan fingerprint density at radius 3 is 2.61 bits per heavy atom. The molecule has 0 aliphatic heterocycles. The first kappa shape index (κ1) is 15.5. The summed E-state index contributed by atoms with van der Waals surface area (Å²) in [6.07, 6.45) is 3.74. The van der Waals surface area contributed by atoms with Crippen molar-refractivity contribution in [2.45, 2.75) is 45.1 Å². The summed E-state index contributed by atoms with van der Waals surface area (Å²) in [5.74, 6) is 0.486. The lowest BCUT2D eigenvalue weighted by Crippen LogP contribution is -2.19. The lowest BCUT2D eigenvalue weighted by molar-refractivity contribution is 0.102. The average molecular weight is 310 g/mol. The van der Waals surface area contributed by atoms with Crippen LogP contribution >= 0.6 is 0 Å². The van der Waals surface area contributed by atoms with E-state index in [-0.39, 0.29) is 11.3 Å². The van der Waals surface area contributed by atoms with E-state index in [0.29, 0.717) is 17.6 Å². The molecule has 1 saturated carbocycles. The largest absolute Gasteiger partial charge is 0.367 e. The highest BCUT2D eigenvalue weighted by atomic mass is 16.1. The molecule has 2 aromatic rings. The van der Waals surface area contributed by atoms with E-state index >= 15 is 0 Å². The lowest BCUT2D eigenvalue weighted by Gasteiger charge is -2.22. The van der Waals surface area contributed by atoms with Crippen LogP contribution in [0.15, 0.2) is 36.7 Å². The number of benzene rings is 1. The number of carbonyl (C=O) groups excluding carboxylic acids is 1. The van der Waals surface area contributed by atoms with Gasteiger partial charge in [-0.2, -0.15) is 0 Å². The monoisotopic (exact) mass is 310 g/mol. The molecule has 1 aliphatic carbocycles. The van der Waals surface area contributed by atoms with E-state index in [1.54, 1.807) is 6.07 Å². The van der Waals surface area contributed by atoms with Crippen molar-refractivity contribution in [3.8, 4) is 0 Å². The summed E-state index contributed by atoms with van der Waals surface area (Å²) < 4.78 is 0. The fourth-order valence-corrected chi connectivity index (χ4v) is 2.43. The average Bonchev–Trinajstić information content (AvgIpc) is 3.31. The van der Waals surface area contributed by atoms with Crippen molar-refractivity contribution in [3.05, 3.63) is 47.9 Å². The van der Waals surface area contributed by atoms with Gasteiger partial charge in [-0.15, -0.1) is 0 Å². The topological polar surface area (TPSA) is 66.9 Å². The summed E-state index contributed by atoms with van der Waals surface area (Å²) in [6, 6.07) is 10.1. The summed E-state index contributed by atoms with van der Waals surface area (Å²) in [6.45, 7) is 6.38. The second kappa shape index (κ2) is 5.99. The van der Waals surface area contributed by atoms with Crippen molar-refractivity contribution in [2.24, 2.45) is 0 Å². The number of aromatic nitrogens is 2. The highest BCUT2D eigenvalue weighted by Gasteiger charge is 2.22. The minimum absolute atomic E-state index is 0.0474. The summed E-state index contributed by atoms with van der Waals surface area (Å²) in [7, 11) is 0. The maximum absolute atomic E-state index is 12.5. The van der Waals surface area contributed by atoms with Crippen LogP contribution in [-0.4, -0.2) is 21.9 Å². The van der Waals surface area contributed by atoms with Crippen molar-refractivity contribution >= 4 is 17.4 Å². The minimum Gasteiger partial charge on any atom is -0.367 e. The van der Waals surface area contributed by atoms with Gasteiger partial charge in [0.05, 0.1) is 0 Å². The Labute approximate surface area is 136 Å². The zero-order chi connectivity index (χ0) is 16.4. The van der Waals surface area contributed by atoms with Gasteiger partial charge in [-0.25, -0.2) is 9.97 Å². The van der Waals surface area contributed by atoms with Crippen molar-refractivity contribution in [3.63, 3.8) is 0 Å². The van der Waals surface area contributed by atoms with Gasteiger partial charge >= 0.3 is 0 Å². The number of para-hydroxylation sites is 1. The molecular weight excluding hydrogens is 288 g/mol. The van der Waals surface area contributed by atoms with Crippen LogP contribution in [0.4, 0.5) is 11.5 Å². The summed E-state index contributed by atoms with van der Waals surface area (Å²) in [4.78, 5) is 20.8. The predicted octanol–water partition coefficient (Wildman–Crippen LogP) is 3.60. The Kier molecular flexibility index (Phi) is 4.03. The molecule has 1 amide bonds. The maximum atomic E-state index is 12.5. The molecule has 120 valence electrons. The van der Waals surface area contributed by atoms with E-state index in [1.165, 1.54) is 6.33 Å². The summed E-state index contributed by atoms with van der Waals surface area (Å²) >= 11 is 0. The third kappa shape index (κ3) is 3.86.